The van der Waals surface area contributed by atoms with Crippen LogP contribution in [0.3, 0.4) is 0 Å². The number of ether oxygens (including phenoxy) is 2. The Balaban J connectivity index is 0.00000420. The number of halogens is 1. The van der Waals surface area contributed by atoms with E-state index in [1.165, 1.54) is 6.07 Å². The number of hydrogen-bond donors (Lipinski definition) is 3. The SMILES string of the molecule is CCNC(=NCc1cccc(S(N)(=O)=O)c1)NCCCOCC1CCOCC1.I. The monoisotopic (exact) mass is 540 g/mol. The summed E-state index contributed by atoms with van der Waals surface area (Å²) in [6.07, 6.45) is 3.05. The van der Waals surface area contributed by atoms with Gasteiger partial charge in [0, 0.05) is 39.5 Å². The fourth-order valence-electron chi connectivity index (χ4n) is 2.88. The molecule has 0 unspecified atom stereocenters. The van der Waals surface area contributed by atoms with Crippen molar-refractivity contribution < 1.29 is 17.9 Å². The van der Waals surface area contributed by atoms with Gasteiger partial charge in [-0.25, -0.2) is 18.5 Å². The first-order valence-electron chi connectivity index (χ1n) is 9.78. The lowest BCUT2D eigenvalue weighted by atomic mass is 10.0. The minimum atomic E-state index is -3.71. The zero-order valence-electron chi connectivity index (χ0n) is 16.9. The van der Waals surface area contributed by atoms with Crippen LogP contribution >= 0.6 is 24.0 Å². The number of aliphatic imine (C=N–C) groups is 1. The first-order chi connectivity index (χ1) is 13.5. The predicted molar refractivity (Wildman–Crippen MR) is 125 cm³/mol. The smallest absolute Gasteiger partial charge is 0.238 e. The summed E-state index contributed by atoms with van der Waals surface area (Å²) < 4.78 is 34.0. The van der Waals surface area contributed by atoms with Crippen molar-refractivity contribution in [2.45, 2.75) is 37.6 Å². The second-order valence-electron chi connectivity index (χ2n) is 6.80. The fourth-order valence-corrected chi connectivity index (χ4v) is 3.46. The van der Waals surface area contributed by atoms with E-state index < -0.39 is 10.0 Å². The lowest BCUT2D eigenvalue weighted by Gasteiger charge is -2.21. The van der Waals surface area contributed by atoms with Gasteiger partial charge in [-0.3, -0.25) is 0 Å². The lowest BCUT2D eigenvalue weighted by molar-refractivity contribution is 0.0203. The van der Waals surface area contributed by atoms with Gasteiger partial charge in [0.15, 0.2) is 5.96 Å². The quantitative estimate of drug-likeness (QED) is 0.181. The topological polar surface area (TPSA) is 115 Å². The van der Waals surface area contributed by atoms with E-state index in [0.717, 1.165) is 57.7 Å². The minimum Gasteiger partial charge on any atom is -0.381 e. The Morgan fingerprint density at radius 1 is 1.31 bits per heavy atom. The molecule has 0 saturated carbocycles. The highest BCUT2D eigenvalue weighted by atomic mass is 127. The molecular formula is C19H33IN4O4S. The third-order valence-corrected chi connectivity index (χ3v) is 5.35. The summed E-state index contributed by atoms with van der Waals surface area (Å²) in [7, 11) is -3.71. The molecule has 1 aliphatic rings. The molecule has 0 amide bonds. The summed E-state index contributed by atoms with van der Waals surface area (Å²) in [5.41, 5.74) is 0.781. The number of guanidine groups is 1. The summed E-state index contributed by atoms with van der Waals surface area (Å²) in [4.78, 5) is 4.60. The van der Waals surface area contributed by atoms with Gasteiger partial charge in [-0.05, 0) is 49.8 Å². The van der Waals surface area contributed by atoms with Crippen molar-refractivity contribution in [2.24, 2.45) is 16.0 Å². The molecule has 4 N–H and O–H groups in total. The van der Waals surface area contributed by atoms with Crippen LogP contribution in [0.1, 0.15) is 31.7 Å². The maximum Gasteiger partial charge on any atom is 0.238 e. The van der Waals surface area contributed by atoms with E-state index in [9.17, 15) is 8.42 Å². The molecule has 0 spiro atoms. The van der Waals surface area contributed by atoms with Gasteiger partial charge in [-0.1, -0.05) is 12.1 Å². The van der Waals surface area contributed by atoms with E-state index in [1.54, 1.807) is 12.1 Å². The summed E-state index contributed by atoms with van der Waals surface area (Å²) in [6.45, 7) is 7.05. The first-order valence-corrected chi connectivity index (χ1v) is 11.3. The van der Waals surface area contributed by atoms with E-state index in [-0.39, 0.29) is 28.9 Å². The zero-order chi connectivity index (χ0) is 20.2. The number of benzene rings is 1. The van der Waals surface area contributed by atoms with E-state index in [0.29, 0.717) is 25.0 Å². The molecule has 10 heteroatoms. The van der Waals surface area contributed by atoms with Gasteiger partial charge >= 0.3 is 0 Å². The van der Waals surface area contributed by atoms with Gasteiger partial charge < -0.3 is 20.1 Å². The van der Waals surface area contributed by atoms with E-state index in [1.807, 2.05) is 13.0 Å². The van der Waals surface area contributed by atoms with E-state index >= 15 is 0 Å². The number of primary sulfonamides is 1. The fraction of sp³-hybridized carbons (Fsp3) is 0.632. The van der Waals surface area contributed by atoms with Crippen molar-refractivity contribution in [3.63, 3.8) is 0 Å². The molecule has 1 aliphatic heterocycles. The average molecular weight is 540 g/mol. The second kappa shape index (κ2) is 14.1. The Morgan fingerprint density at radius 3 is 2.76 bits per heavy atom. The summed E-state index contributed by atoms with van der Waals surface area (Å²) in [6, 6.07) is 6.52. The van der Waals surface area contributed by atoms with Gasteiger partial charge in [0.25, 0.3) is 0 Å². The maximum absolute atomic E-state index is 11.5. The molecule has 1 heterocycles. The van der Waals surface area contributed by atoms with Crippen LogP contribution in [-0.2, 0) is 26.0 Å². The summed E-state index contributed by atoms with van der Waals surface area (Å²) in [5.74, 6) is 1.31. The van der Waals surface area contributed by atoms with Crippen molar-refractivity contribution in [3.05, 3.63) is 29.8 Å². The Hall–Kier alpha value is -0.950. The number of sulfonamides is 1. The van der Waals surface area contributed by atoms with Gasteiger partial charge in [0.05, 0.1) is 11.4 Å². The molecule has 166 valence electrons. The van der Waals surface area contributed by atoms with Crippen LogP contribution in [0.15, 0.2) is 34.2 Å². The van der Waals surface area contributed by atoms with Crippen LogP contribution < -0.4 is 15.8 Å². The number of hydrogen-bond acceptors (Lipinski definition) is 5. The summed E-state index contributed by atoms with van der Waals surface area (Å²) >= 11 is 0. The van der Waals surface area contributed by atoms with Crippen LogP contribution in [0.5, 0.6) is 0 Å². The molecular weight excluding hydrogens is 507 g/mol. The van der Waals surface area contributed by atoms with Crippen LogP contribution in [0.4, 0.5) is 0 Å². The molecule has 0 aromatic heterocycles. The molecule has 1 saturated heterocycles. The highest BCUT2D eigenvalue weighted by molar-refractivity contribution is 14.0. The highest BCUT2D eigenvalue weighted by Crippen LogP contribution is 2.14. The third-order valence-electron chi connectivity index (χ3n) is 4.44. The Kier molecular flexibility index (Phi) is 12.7. The second-order valence-corrected chi connectivity index (χ2v) is 8.36. The molecule has 0 bridgehead atoms. The van der Waals surface area contributed by atoms with Crippen molar-refractivity contribution in [3.8, 4) is 0 Å². The molecule has 2 rings (SSSR count). The number of nitrogens with one attached hydrogen (secondary N) is 2. The third kappa shape index (κ3) is 10.6. The molecule has 29 heavy (non-hydrogen) atoms. The van der Waals surface area contributed by atoms with E-state index in [4.69, 9.17) is 14.6 Å². The molecule has 1 aromatic carbocycles. The Labute approximate surface area is 191 Å². The zero-order valence-corrected chi connectivity index (χ0v) is 20.1. The molecule has 8 nitrogen and oxygen atoms in total. The standard InChI is InChI=1S/C19H32N4O4S.HI/c1-2-21-19(22-9-4-10-27-15-16-7-11-26-12-8-16)23-14-17-5-3-6-18(13-17)28(20,24)25;/h3,5-6,13,16H,2,4,7-12,14-15H2,1H3,(H2,20,24,25)(H2,21,22,23);1H. The van der Waals surface area contributed by atoms with Crippen molar-refractivity contribution in [2.75, 3.05) is 39.5 Å². The molecule has 0 atom stereocenters. The maximum atomic E-state index is 11.5. The average Bonchev–Trinajstić information content (AvgIpc) is 2.69. The molecule has 1 fully saturated rings. The van der Waals surface area contributed by atoms with Crippen molar-refractivity contribution in [1.82, 2.24) is 10.6 Å². The normalized spacial score (nSPS) is 15.6. The van der Waals surface area contributed by atoms with Crippen LogP contribution in [0, 0.1) is 5.92 Å². The number of rotatable bonds is 10. The molecule has 1 aromatic rings. The number of nitrogens with two attached hydrogens (primary N) is 1. The summed E-state index contributed by atoms with van der Waals surface area (Å²) in [5, 5.41) is 11.6. The van der Waals surface area contributed by atoms with Crippen molar-refractivity contribution in [1.29, 1.82) is 0 Å². The van der Waals surface area contributed by atoms with Crippen LogP contribution in [-0.4, -0.2) is 53.9 Å². The lowest BCUT2D eigenvalue weighted by Crippen LogP contribution is -2.38. The van der Waals surface area contributed by atoms with Crippen LogP contribution in [0.2, 0.25) is 0 Å². The van der Waals surface area contributed by atoms with Gasteiger partial charge in [-0.2, -0.15) is 0 Å². The van der Waals surface area contributed by atoms with Gasteiger partial charge in [-0.15, -0.1) is 24.0 Å². The largest absolute Gasteiger partial charge is 0.381 e. The van der Waals surface area contributed by atoms with Gasteiger partial charge in [0.2, 0.25) is 10.0 Å². The molecule has 0 radical (unpaired) electrons. The first kappa shape index (κ1) is 26.1. The Morgan fingerprint density at radius 2 is 2.07 bits per heavy atom. The van der Waals surface area contributed by atoms with E-state index in [2.05, 4.69) is 15.6 Å². The Bertz CT molecular complexity index is 725. The van der Waals surface area contributed by atoms with Gasteiger partial charge in [0.1, 0.15) is 0 Å². The number of nitrogens with zero attached hydrogens (tertiary/aromatic N) is 1. The highest BCUT2D eigenvalue weighted by Gasteiger charge is 2.13. The van der Waals surface area contributed by atoms with Crippen LogP contribution in [0.25, 0.3) is 0 Å². The minimum absolute atomic E-state index is 0. The molecule has 0 aliphatic carbocycles. The van der Waals surface area contributed by atoms with Crippen molar-refractivity contribution >= 4 is 40.0 Å². The predicted octanol–water partition coefficient (Wildman–Crippen LogP) is 1.84.